The van der Waals surface area contributed by atoms with Crippen molar-refractivity contribution in [2.45, 2.75) is 19.8 Å². The molecule has 1 aromatic carbocycles. The molecule has 5 heteroatoms. The zero-order chi connectivity index (χ0) is 14.1. The van der Waals surface area contributed by atoms with Gasteiger partial charge in [0.05, 0.1) is 12.1 Å². The van der Waals surface area contributed by atoms with Crippen LogP contribution in [0, 0.1) is 6.92 Å². The van der Waals surface area contributed by atoms with Crippen LogP contribution in [-0.4, -0.2) is 26.0 Å². The van der Waals surface area contributed by atoms with E-state index in [2.05, 4.69) is 15.0 Å². The monoisotopic (exact) mass is 269 g/mol. The number of nitrogens with zero attached hydrogens (tertiary/aromatic N) is 1. The molecule has 102 valence electrons. The highest BCUT2D eigenvalue weighted by Crippen LogP contribution is 2.30. The summed E-state index contributed by atoms with van der Waals surface area (Å²) in [6, 6.07) is 8.00. The van der Waals surface area contributed by atoms with Gasteiger partial charge in [-0.25, -0.2) is 4.98 Å². The summed E-state index contributed by atoms with van der Waals surface area (Å²) in [7, 11) is 0. The number of hydrogen-bond acceptors (Lipinski definition) is 2. The lowest BCUT2D eigenvalue weighted by molar-refractivity contribution is -0.136. The quantitative estimate of drug-likeness (QED) is 0.681. The number of aliphatic carboxylic acids is 1. The Morgan fingerprint density at radius 1 is 1.35 bits per heavy atom. The molecule has 2 aromatic heterocycles. The molecule has 0 saturated heterocycles. The highest BCUT2D eigenvalue weighted by molar-refractivity contribution is 5.95. The second-order valence-electron chi connectivity index (χ2n) is 4.79. The molecule has 2 heterocycles. The van der Waals surface area contributed by atoms with Gasteiger partial charge in [-0.3, -0.25) is 4.79 Å². The van der Waals surface area contributed by atoms with Crippen LogP contribution in [0.2, 0.25) is 0 Å². The van der Waals surface area contributed by atoms with Crippen molar-refractivity contribution in [3.8, 4) is 11.3 Å². The zero-order valence-electron chi connectivity index (χ0n) is 11.1. The van der Waals surface area contributed by atoms with E-state index in [1.165, 1.54) is 0 Å². The fourth-order valence-electron chi connectivity index (χ4n) is 2.44. The maximum Gasteiger partial charge on any atom is 0.303 e. The van der Waals surface area contributed by atoms with Crippen LogP contribution in [0.1, 0.15) is 17.9 Å². The molecule has 0 aliphatic rings. The largest absolute Gasteiger partial charge is 0.481 e. The number of H-pyrrole nitrogens is 2. The topological polar surface area (TPSA) is 81.8 Å². The number of para-hydroxylation sites is 1. The molecule has 20 heavy (non-hydrogen) atoms. The van der Waals surface area contributed by atoms with E-state index in [4.69, 9.17) is 5.11 Å². The summed E-state index contributed by atoms with van der Waals surface area (Å²) < 4.78 is 0. The van der Waals surface area contributed by atoms with Crippen LogP contribution in [0.25, 0.3) is 22.2 Å². The average molecular weight is 269 g/mol. The number of aryl methyl sites for hydroxylation is 2. The standard InChI is InChI=1S/C15H15N3O2/c1-9-17-13(6-7-14(19)20)15(18-9)11-8-16-12-5-3-2-4-10(11)12/h2-5,8,16H,6-7H2,1H3,(H,17,18)(H,19,20). The molecular weight excluding hydrogens is 254 g/mol. The van der Waals surface area contributed by atoms with Gasteiger partial charge in [0.1, 0.15) is 5.82 Å². The number of carbonyl (C=O) groups is 1. The van der Waals surface area contributed by atoms with Gasteiger partial charge in [-0.15, -0.1) is 0 Å². The second kappa shape index (κ2) is 4.85. The smallest absolute Gasteiger partial charge is 0.303 e. The van der Waals surface area contributed by atoms with E-state index in [-0.39, 0.29) is 6.42 Å². The van der Waals surface area contributed by atoms with E-state index < -0.39 is 5.97 Å². The summed E-state index contributed by atoms with van der Waals surface area (Å²) in [6.45, 7) is 1.88. The Bertz CT molecular complexity index is 770. The molecule has 0 bridgehead atoms. The number of aromatic amines is 2. The number of benzene rings is 1. The number of fused-ring (bicyclic) bond motifs is 1. The van der Waals surface area contributed by atoms with Gasteiger partial charge in [0.15, 0.2) is 0 Å². The molecule has 0 aliphatic heterocycles. The van der Waals surface area contributed by atoms with Gasteiger partial charge in [-0.05, 0) is 13.0 Å². The number of carboxylic acid groups (broad SMARTS) is 1. The van der Waals surface area contributed by atoms with Crippen LogP contribution in [0.15, 0.2) is 30.5 Å². The molecule has 0 radical (unpaired) electrons. The number of carboxylic acids is 1. The predicted molar refractivity (Wildman–Crippen MR) is 76.6 cm³/mol. The van der Waals surface area contributed by atoms with Gasteiger partial charge in [-0.2, -0.15) is 0 Å². The van der Waals surface area contributed by atoms with Crippen molar-refractivity contribution in [2.24, 2.45) is 0 Å². The molecule has 3 N–H and O–H groups in total. The molecule has 0 fully saturated rings. The first-order valence-electron chi connectivity index (χ1n) is 6.49. The first kappa shape index (κ1) is 12.5. The highest BCUT2D eigenvalue weighted by atomic mass is 16.4. The summed E-state index contributed by atoms with van der Waals surface area (Å²) >= 11 is 0. The highest BCUT2D eigenvalue weighted by Gasteiger charge is 2.15. The van der Waals surface area contributed by atoms with Crippen LogP contribution in [-0.2, 0) is 11.2 Å². The number of aromatic nitrogens is 3. The maximum absolute atomic E-state index is 10.7. The first-order chi connectivity index (χ1) is 9.65. The normalized spacial score (nSPS) is 11.1. The summed E-state index contributed by atoms with van der Waals surface area (Å²) in [5, 5.41) is 9.93. The third-order valence-corrected chi connectivity index (χ3v) is 3.33. The minimum Gasteiger partial charge on any atom is -0.481 e. The molecule has 0 saturated carbocycles. The SMILES string of the molecule is Cc1nc(-c2c[nH]c3ccccc23)c(CCC(=O)O)[nH]1. The average Bonchev–Trinajstić information content (AvgIpc) is 2.99. The van der Waals surface area contributed by atoms with E-state index >= 15 is 0 Å². The minimum absolute atomic E-state index is 0.0942. The van der Waals surface area contributed by atoms with Crippen molar-refractivity contribution in [2.75, 3.05) is 0 Å². The van der Waals surface area contributed by atoms with Crippen molar-refractivity contribution in [3.05, 3.63) is 42.0 Å². The van der Waals surface area contributed by atoms with E-state index in [0.29, 0.717) is 6.42 Å². The van der Waals surface area contributed by atoms with Crippen molar-refractivity contribution < 1.29 is 9.90 Å². The van der Waals surface area contributed by atoms with E-state index in [1.807, 2.05) is 37.4 Å². The molecule has 0 amide bonds. The Kier molecular flexibility index (Phi) is 3.02. The third kappa shape index (κ3) is 2.18. The molecule has 0 atom stereocenters. The fourth-order valence-corrected chi connectivity index (χ4v) is 2.44. The van der Waals surface area contributed by atoms with Crippen molar-refractivity contribution >= 4 is 16.9 Å². The molecule has 0 spiro atoms. The van der Waals surface area contributed by atoms with Gasteiger partial charge in [-0.1, -0.05) is 18.2 Å². The Balaban J connectivity index is 2.07. The third-order valence-electron chi connectivity index (χ3n) is 3.33. The summed E-state index contributed by atoms with van der Waals surface area (Å²) in [5.41, 5.74) is 3.76. The van der Waals surface area contributed by atoms with E-state index in [1.54, 1.807) is 0 Å². The van der Waals surface area contributed by atoms with Crippen LogP contribution in [0.4, 0.5) is 0 Å². The summed E-state index contributed by atoms with van der Waals surface area (Å²) in [4.78, 5) is 21.6. The number of rotatable bonds is 4. The van der Waals surface area contributed by atoms with Crippen LogP contribution in [0.3, 0.4) is 0 Å². The number of nitrogens with one attached hydrogen (secondary N) is 2. The Labute approximate surface area is 115 Å². The first-order valence-corrected chi connectivity index (χ1v) is 6.49. The summed E-state index contributed by atoms with van der Waals surface area (Å²) in [6.07, 6.45) is 2.46. The van der Waals surface area contributed by atoms with Crippen molar-refractivity contribution in [1.29, 1.82) is 0 Å². The lowest BCUT2D eigenvalue weighted by Crippen LogP contribution is -1.98. The van der Waals surface area contributed by atoms with Crippen LogP contribution < -0.4 is 0 Å². The number of imidazole rings is 1. The molecule has 0 aliphatic carbocycles. The Morgan fingerprint density at radius 3 is 2.95 bits per heavy atom. The lowest BCUT2D eigenvalue weighted by atomic mass is 10.1. The maximum atomic E-state index is 10.7. The van der Waals surface area contributed by atoms with Crippen LogP contribution in [0.5, 0.6) is 0 Å². The minimum atomic E-state index is -0.804. The van der Waals surface area contributed by atoms with Crippen molar-refractivity contribution in [1.82, 2.24) is 15.0 Å². The molecule has 0 unspecified atom stereocenters. The number of hydrogen-bond donors (Lipinski definition) is 3. The fraction of sp³-hybridized carbons (Fsp3) is 0.200. The van der Waals surface area contributed by atoms with Gasteiger partial charge < -0.3 is 15.1 Å². The van der Waals surface area contributed by atoms with Crippen LogP contribution >= 0.6 is 0 Å². The van der Waals surface area contributed by atoms with Gasteiger partial charge >= 0.3 is 5.97 Å². The van der Waals surface area contributed by atoms with Gasteiger partial charge in [0, 0.05) is 34.8 Å². The Morgan fingerprint density at radius 2 is 2.15 bits per heavy atom. The molecular formula is C15H15N3O2. The van der Waals surface area contributed by atoms with Gasteiger partial charge in [0.2, 0.25) is 0 Å². The zero-order valence-corrected chi connectivity index (χ0v) is 11.1. The molecule has 3 rings (SSSR count). The second-order valence-corrected chi connectivity index (χ2v) is 4.79. The summed E-state index contributed by atoms with van der Waals surface area (Å²) in [5.74, 6) is -0.00667. The Hall–Kier alpha value is -2.56. The lowest BCUT2D eigenvalue weighted by Gasteiger charge is -2.00. The van der Waals surface area contributed by atoms with E-state index in [0.717, 1.165) is 33.7 Å². The molecule has 3 aromatic rings. The van der Waals surface area contributed by atoms with Crippen molar-refractivity contribution in [3.63, 3.8) is 0 Å². The van der Waals surface area contributed by atoms with E-state index in [9.17, 15) is 4.79 Å². The molecule has 5 nitrogen and oxygen atoms in total. The van der Waals surface area contributed by atoms with Gasteiger partial charge in [0.25, 0.3) is 0 Å². The predicted octanol–water partition coefficient (Wildman–Crippen LogP) is 2.88.